The van der Waals surface area contributed by atoms with Crippen molar-refractivity contribution in [1.82, 2.24) is 24.9 Å². The Morgan fingerprint density at radius 1 is 1.29 bits per heavy atom. The van der Waals surface area contributed by atoms with Crippen LogP contribution in [0.25, 0.3) is 22.4 Å². The van der Waals surface area contributed by atoms with Gasteiger partial charge in [-0.2, -0.15) is 0 Å². The summed E-state index contributed by atoms with van der Waals surface area (Å²) >= 11 is 3.24. The van der Waals surface area contributed by atoms with Gasteiger partial charge in [-0.25, -0.2) is 19.9 Å². The van der Waals surface area contributed by atoms with Gasteiger partial charge < -0.3 is 9.72 Å². The van der Waals surface area contributed by atoms with Crippen LogP contribution in [0.2, 0.25) is 0 Å². The van der Waals surface area contributed by atoms with E-state index < -0.39 is 0 Å². The predicted molar refractivity (Wildman–Crippen MR) is 92.1 cm³/mol. The van der Waals surface area contributed by atoms with Gasteiger partial charge in [-0.15, -0.1) is 0 Å². The van der Waals surface area contributed by atoms with E-state index in [1.54, 1.807) is 13.2 Å². The second-order valence-electron chi connectivity index (χ2n) is 5.76. The predicted octanol–water partition coefficient (Wildman–Crippen LogP) is 2.73. The maximum atomic E-state index is 11.9. The lowest BCUT2D eigenvalue weighted by Gasteiger charge is -2.12. The zero-order valence-electron chi connectivity index (χ0n) is 13.1. The van der Waals surface area contributed by atoms with Crippen molar-refractivity contribution in [2.45, 2.75) is 25.7 Å². The van der Waals surface area contributed by atoms with Crippen molar-refractivity contribution in [2.75, 3.05) is 7.11 Å². The Kier molecular flexibility index (Phi) is 3.56. The normalized spacial score (nSPS) is 14.1. The number of ether oxygens (including phenoxy) is 1. The number of rotatable bonds is 3. The monoisotopic (exact) mass is 387 g/mol. The van der Waals surface area contributed by atoms with Gasteiger partial charge in [-0.3, -0.25) is 4.79 Å². The molecule has 0 atom stereocenters. The Labute approximate surface area is 145 Å². The minimum atomic E-state index is -0.231. The molecule has 0 radical (unpaired) electrons. The summed E-state index contributed by atoms with van der Waals surface area (Å²) in [4.78, 5) is 32.4. The van der Waals surface area contributed by atoms with Gasteiger partial charge in [0.05, 0.1) is 23.0 Å². The highest BCUT2D eigenvalue weighted by atomic mass is 79.9. The van der Waals surface area contributed by atoms with Crippen molar-refractivity contribution in [2.24, 2.45) is 0 Å². The van der Waals surface area contributed by atoms with Crippen LogP contribution in [-0.4, -0.2) is 32.0 Å². The first kappa shape index (κ1) is 15.2. The van der Waals surface area contributed by atoms with Crippen molar-refractivity contribution in [3.8, 4) is 17.3 Å². The van der Waals surface area contributed by atoms with Crippen molar-refractivity contribution in [3.63, 3.8) is 0 Å². The summed E-state index contributed by atoms with van der Waals surface area (Å²) in [5.41, 5.74) is 2.62. The van der Waals surface area contributed by atoms with Crippen LogP contribution in [0.3, 0.4) is 0 Å². The molecule has 122 valence electrons. The first-order chi connectivity index (χ1) is 11.6. The second-order valence-corrected chi connectivity index (χ2v) is 6.61. The maximum Gasteiger partial charge on any atom is 0.263 e. The highest BCUT2D eigenvalue weighted by molar-refractivity contribution is 9.10. The average molecular weight is 388 g/mol. The fourth-order valence-electron chi connectivity index (χ4n) is 2.73. The van der Waals surface area contributed by atoms with E-state index in [2.05, 4.69) is 40.8 Å². The van der Waals surface area contributed by atoms with Crippen LogP contribution in [0.5, 0.6) is 5.88 Å². The summed E-state index contributed by atoms with van der Waals surface area (Å²) in [6.45, 7) is 1.88. The van der Waals surface area contributed by atoms with Gasteiger partial charge in [0.15, 0.2) is 5.82 Å². The van der Waals surface area contributed by atoms with E-state index in [1.807, 2.05) is 6.92 Å². The van der Waals surface area contributed by atoms with E-state index >= 15 is 0 Å². The molecule has 0 spiro atoms. The molecule has 1 N–H and O–H groups in total. The van der Waals surface area contributed by atoms with Gasteiger partial charge in [0.25, 0.3) is 5.56 Å². The standard InChI is InChI=1S/C16H14BrN5O2/c1-7-9-5-10(17)15(23)22-13(9)21-14(20-7)11-12(8-3-4-8)18-6-19-16(11)24-2/h5-6,8H,3-4H2,1-2H3,(H,20,21,22,23). The maximum absolute atomic E-state index is 11.9. The molecule has 0 aliphatic heterocycles. The molecule has 24 heavy (non-hydrogen) atoms. The van der Waals surface area contributed by atoms with Crippen LogP contribution in [0.4, 0.5) is 0 Å². The van der Waals surface area contributed by atoms with Crippen LogP contribution in [0.1, 0.15) is 30.1 Å². The minimum absolute atomic E-state index is 0.231. The third kappa shape index (κ3) is 2.47. The Morgan fingerprint density at radius 2 is 2.08 bits per heavy atom. The second kappa shape index (κ2) is 5.62. The molecule has 3 aromatic rings. The molecule has 8 heteroatoms. The van der Waals surface area contributed by atoms with E-state index in [0.717, 1.165) is 29.6 Å². The highest BCUT2D eigenvalue weighted by Gasteiger charge is 2.31. The third-order valence-electron chi connectivity index (χ3n) is 4.08. The van der Waals surface area contributed by atoms with Crippen molar-refractivity contribution >= 4 is 27.0 Å². The Balaban J connectivity index is 2.01. The molecule has 0 saturated heterocycles. The lowest BCUT2D eigenvalue weighted by atomic mass is 10.1. The van der Waals surface area contributed by atoms with Gasteiger partial charge in [0.2, 0.25) is 5.88 Å². The number of aromatic nitrogens is 5. The number of aromatic amines is 1. The molecule has 0 bridgehead atoms. The Hall–Kier alpha value is -2.35. The lowest BCUT2D eigenvalue weighted by Crippen LogP contribution is -2.09. The van der Waals surface area contributed by atoms with Gasteiger partial charge >= 0.3 is 0 Å². The summed E-state index contributed by atoms with van der Waals surface area (Å²) in [6.07, 6.45) is 3.68. The molecule has 3 heterocycles. The molecule has 4 rings (SSSR count). The fourth-order valence-corrected chi connectivity index (χ4v) is 3.06. The molecule has 0 amide bonds. The van der Waals surface area contributed by atoms with Crippen LogP contribution < -0.4 is 10.3 Å². The third-order valence-corrected chi connectivity index (χ3v) is 4.67. The number of hydrogen-bond donors (Lipinski definition) is 1. The summed E-state index contributed by atoms with van der Waals surface area (Å²) in [5, 5.41) is 0.786. The fraction of sp³-hybridized carbons (Fsp3) is 0.312. The molecule has 7 nitrogen and oxygen atoms in total. The molecule has 3 aromatic heterocycles. The number of pyridine rings is 1. The number of H-pyrrole nitrogens is 1. The molecule has 1 aliphatic carbocycles. The molecule has 1 aliphatic rings. The van der Waals surface area contributed by atoms with Crippen LogP contribution in [0, 0.1) is 6.92 Å². The van der Waals surface area contributed by atoms with Crippen LogP contribution in [0.15, 0.2) is 21.7 Å². The molecule has 1 saturated carbocycles. The average Bonchev–Trinajstić information content (AvgIpc) is 3.40. The minimum Gasteiger partial charge on any atom is -0.480 e. The SMILES string of the molecule is COc1ncnc(C2CC2)c1-c1nc(C)c2cc(Br)c(=O)[nH]c2n1. The van der Waals surface area contributed by atoms with Gasteiger partial charge in [-0.1, -0.05) is 0 Å². The Bertz CT molecular complexity index is 1010. The molecular formula is C16H14BrN5O2. The van der Waals surface area contributed by atoms with E-state index in [0.29, 0.717) is 33.3 Å². The van der Waals surface area contributed by atoms with Crippen molar-refractivity contribution < 1.29 is 4.74 Å². The summed E-state index contributed by atoms with van der Waals surface area (Å²) in [6, 6.07) is 1.73. The number of nitrogens with zero attached hydrogens (tertiary/aromatic N) is 4. The number of nitrogens with one attached hydrogen (secondary N) is 1. The first-order valence-corrected chi connectivity index (χ1v) is 8.34. The number of methoxy groups -OCH3 is 1. The first-order valence-electron chi connectivity index (χ1n) is 7.55. The number of halogens is 1. The van der Waals surface area contributed by atoms with Gasteiger partial charge in [-0.05, 0) is 41.8 Å². The van der Waals surface area contributed by atoms with Gasteiger partial charge in [0.1, 0.15) is 17.5 Å². The van der Waals surface area contributed by atoms with Crippen molar-refractivity contribution in [1.29, 1.82) is 0 Å². The van der Waals surface area contributed by atoms with Gasteiger partial charge in [0, 0.05) is 11.3 Å². The van der Waals surface area contributed by atoms with Crippen LogP contribution >= 0.6 is 15.9 Å². The van der Waals surface area contributed by atoms with E-state index in [-0.39, 0.29) is 5.56 Å². The van der Waals surface area contributed by atoms with E-state index in [4.69, 9.17) is 4.74 Å². The summed E-state index contributed by atoms with van der Waals surface area (Å²) in [5.74, 6) is 1.31. The lowest BCUT2D eigenvalue weighted by molar-refractivity contribution is 0.397. The van der Waals surface area contributed by atoms with E-state index in [9.17, 15) is 4.79 Å². The number of hydrogen-bond acceptors (Lipinski definition) is 6. The zero-order valence-corrected chi connectivity index (χ0v) is 14.7. The van der Waals surface area contributed by atoms with Crippen LogP contribution in [-0.2, 0) is 0 Å². The summed E-state index contributed by atoms with van der Waals surface area (Å²) in [7, 11) is 1.56. The topological polar surface area (TPSA) is 93.6 Å². The van der Waals surface area contributed by atoms with Crippen molar-refractivity contribution in [3.05, 3.63) is 38.6 Å². The Morgan fingerprint density at radius 3 is 2.79 bits per heavy atom. The smallest absolute Gasteiger partial charge is 0.263 e. The summed E-state index contributed by atoms with van der Waals surface area (Å²) < 4.78 is 5.86. The highest BCUT2D eigenvalue weighted by Crippen LogP contribution is 2.44. The molecule has 0 unspecified atom stereocenters. The number of aryl methyl sites for hydroxylation is 1. The van der Waals surface area contributed by atoms with E-state index in [1.165, 1.54) is 6.33 Å². The largest absolute Gasteiger partial charge is 0.480 e. The quantitative estimate of drug-likeness (QED) is 0.742. The molecule has 1 fully saturated rings. The molecule has 0 aromatic carbocycles. The number of fused-ring (bicyclic) bond motifs is 1. The zero-order chi connectivity index (χ0) is 16.8. The molecular weight excluding hydrogens is 374 g/mol.